The maximum atomic E-state index is 13.1. The topological polar surface area (TPSA) is 115 Å². The number of benzene rings is 3. The van der Waals surface area contributed by atoms with E-state index in [1.165, 1.54) is 0 Å². The van der Waals surface area contributed by atoms with Crippen LogP contribution in [0.1, 0.15) is 21.5 Å². The molecule has 0 bridgehead atoms. The first kappa shape index (κ1) is 23.4. The van der Waals surface area contributed by atoms with Gasteiger partial charge in [-0.05, 0) is 24.6 Å². The van der Waals surface area contributed by atoms with Crippen molar-refractivity contribution in [1.82, 2.24) is 10.3 Å². The van der Waals surface area contributed by atoms with E-state index in [0.29, 0.717) is 40.9 Å². The Morgan fingerprint density at radius 1 is 1.06 bits per heavy atom. The molecular formula is C26H29N5O3. The summed E-state index contributed by atoms with van der Waals surface area (Å²) in [6.45, 7) is 3.53. The summed E-state index contributed by atoms with van der Waals surface area (Å²) in [6.07, 6.45) is 0. The molecule has 1 heterocycles. The number of nitrogens with one attached hydrogen (secondary N) is 1. The van der Waals surface area contributed by atoms with E-state index in [1.54, 1.807) is 18.2 Å². The molecule has 4 rings (SSSR count). The van der Waals surface area contributed by atoms with Crippen LogP contribution in [0.5, 0.6) is 0 Å². The Bertz CT molecular complexity index is 1370. The van der Waals surface area contributed by atoms with Crippen molar-refractivity contribution in [3.63, 3.8) is 0 Å². The average Bonchev–Trinajstić information content (AvgIpc) is 2.79. The van der Waals surface area contributed by atoms with Crippen LogP contribution in [0.2, 0.25) is 0 Å². The van der Waals surface area contributed by atoms with Crippen molar-refractivity contribution in [2.24, 2.45) is 0 Å². The Morgan fingerprint density at radius 3 is 2.47 bits per heavy atom. The molecule has 0 atom stereocenters. The standard InChI is InChI=1S/C26H29N5O3/c1-17-8-6-10-19-23(27)20-11-7-12-21(25(20)29-24(17)19)26(32)28-14-15-31(2,3)16-18-9-4-5-13-22(18)30(33)34/h4-13,33H,14-16H2,1-3H3,(H2,27,29)(H,28,32). The largest absolute Gasteiger partial charge is 0.733 e. The molecule has 3 aromatic carbocycles. The second-order valence-electron chi connectivity index (χ2n) is 9.17. The summed E-state index contributed by atoms with van der Waals surface area (Å²) in [7, 11) is 4.01. The lowest BCUT2D eigenvalue weighted by atomic mass is 10.0. The number of fused-ring (bicyclic) bond motifs is 2. The predicted molar refractivity (Wildman–Crippen MR) is 135 cm³/mol. The summed E-state index contributed by atoms with van der Waals surface area (Å²) in [5.74, 6) is -0.216. The third-order valence-electron chi connectivity index (χ3n) is 6.12. The van der Waals surface area contributed by atoms with Gasteiger partial charge in [-0.15, -0.1) is 0 Å². The zero-order valence-electron chi connectivity index (χ0n) is 19.6. The summed E-state index contributed by atoms with van der Waals surface area (Å²) >= 11 is 0. The van der Waals surface area contributed by atoms with Gasteiger partial charge in [0.1, 0.15) is 6.54 Å². The molecular weight excluding hydrogens is 430 g/mol. The van der Waals surface area contributed by atoms with E-state index in [-0.39, 0.29) is 16.8 Å². The molecule has 8 nitrogen and oxygen atoms in total. The molecule has 4 N–H and O–H groups in total. The Kier molecular flexibility index (Phi) is 6.39. The summed E-state index contributed by atoms with van der Waals surface area (Å²) in [5.41, 5.74) is 10.9. The van der Waals surface area contributed by atoms with Crippen molar-refractivity contribution >= 4 is 39.1 Å². The molecule has 0 saturated carbocycles. The number of quaternary nitrogens is 1. The van der Waals surface area contributed by atoms with Gasteiger partial charge in [0.05, 0.1) is 55.2 Å². The minimum Gasteiger partial charge on any atom is -0.733 e. The second-order valence-corrected chi connectivity index (χ2v) is 9.17. The zero-order chi connectivity index (χ0) is 24.5. The van der Waals surface area contributed by atoms with E-state index >= 15 is 0 Å². The molecule has 1 amide bonds. The highest BCUT2D eigenvalue weighted by atomic mass is 16.8. The van der Waals surface area contributed by atoms with Gasteiger partial charge in [-0.3, -0.25) is 10.0 Å². The Labute approximate surface area is 198 Å². The van der Waals surface area contributed by atoms with E-state index in [2.05, 4.69) is 5.32 Å². The average molecular weight is 460 g/mol. The van der Waals surface area contributed by atoms with E-state index in [1.807, 2.05) is 63.5 Å². The van der Waals surface area contributed by atoms with Gasteiger partial charge in [-0.25, -0.2) is 4.98 Å². The van der Waals surface area contributed by atoms with E-state index in [9.17, 15) is 15.2 Å². The quantitative estimate of drug-likeness (QED) is 0.219. The van der Waals surface area contributed by atoms with Crippen molar-refractivity contribution < 1.29 is 14.5 Å². The monoisotopic (exact) mass is 459 g/mol. The first-order valence-corrected chi connectivity index (χ1v) is 11.1. The van der Waals surface area contributed by atoms with Crippen LogP contribution in [0.15, 0.2) is 60.7 Å². The number of aryl methyl sites for hydroxylation is 1. The number of hydrogen-bond donors (Lipinski definition) is 3. The fraction of sp³-hybridized carbons (Fsp3) is 0.231. The number of carbonyl (C=O) groups excluding carboxylic acids is 1. The molecule has 0 aliphatic rings. The highest BCUT2D eigenvalue weighted by Crippen LogP contribution is 2.31. The zero-order valence-corrected chi connectivity index (χ0v) is 19.6. The van der Waals surface area contributed by atoms with Crippen molar-refractivity contribution in [2.75, 3.05) is 38.1 Å². The van der Waals surface area contributed by atoms with Gasteiger partial charge in [-0.1, -0.05) is 48.5 Å². The van der Waals surface area contributed by atoms with Gasteiger partial charge in [0, 0.05) is 16.3 Å². The predicted octanol–water partition coefficient (Wildman–Crippen LogP) is 3.98. The van der Waals surface area contributed by atoms with Crippen molar-refractivity contribution in [3.05, 3.63) is 82.6 Å². The summed E-state index contributed by atoms with van der Waals surface area (Å²) in [6, 6.07) is 18.3. The van der Waals surface area contributed by atoms with Gasteiger partial charge in [0.15, 0.2) is 0 Å². The number of anilines is 2. The third-order valence-corrected chi connectivity index (χ3v) is 6.12. The van der Waals surface area contributed by atoms with Crippen LogP contribution in [0.25, 0.3) is 21.8 Å². The Hall–Kier alpha value is -3.72. The molecule has 0 radical (unpaired) electrons. The molecule has 4 aromatic rings. The fourth-order valence-electron chi connectivity index (χ4n) is 4.28. The first-order chi connectivity index (χ1) is 16.2. The second kappa shape index (κ2) is 9.26. The van der Waals surface area contributed by atoms with E-state index in [0.717, 1.165) is 27.4 Å². The highest BCUT2D eigenvalue weighted by molar-refractivity contribution is 6.13. The lowest BCUT2D eigenvalue weighted by Gasteiger charge is -2.32. The minimum atomic E-state index is -0.216. The molecule has 0 saturated heterocycles. The van der Waals surface area contributed by atoms with Gasteiger partial charge >= 0.3 is 0 Å². The van der Waals surface area contributed by atoms with Crippen LogP contribution in [-0.2, 0) is 6.54 Å². The number of nitrogen functional groups attached to an aromatic ring is 1. The van der Waals surface area contributed by atoms with Crippen LogP contribution >= 0.6 is 0 Å². The fourth-order valence-corrected chi connectivity index (χ4v) is 4.28. The smallest absolute Gasteiger partial charge is 0.253 e. The number of hydrogen-bond acceptors (Lipinski definition) is 6. The molecule has 0 spiro atoms. The summed E-state index contributed by atoms with van der Waals surface area (Å²) < 4.78 is 0.510. The van der Waals surface area contributed by atoms with Crippen molar-refractivity contribution in [1.29, 1.82) is 0 Å². The van der Waals surface area contributed by atoms with E-state index in [4.69, 9.17) is 10.7 Å². The van der Waals surface area contributed by atoms with E-state index < -0.39 is 0 Å². The molecule has 176 valence electrons. The van der Waals surface area contributed by atoms with Crippen LogP contribution in [0, 0.1) is 12.1 Å². The number of rotatable bonds is 7. The number of carbonyl (C=O) groups is 1. The molecule has 0 aliphatic heterocycles. The number of pyridine rings is 1. The maximum Gasteiger partial charge on any atom is 0.253 e. The van der Waals surface area contributed by atoms with Gasteiger partial charge in [-0.2, -0.15) is 0 Å². The number of nitrogens with two attached hydrogens (primary N) is 1. The number of likely N-dealkylation sites (N-methyl/N-ethyl adjacent to an activating group) is 1. The minimum absolute atomic E-state index is 0.109. The molecule has 1 aromatic heterocycles. The van der Waals surface area contributed by atoms with Crippen molar-refractivity contribution in [3.8, 4) is 0 Å². The molecule has 34 heavy (non-hydrogen) atoms. The Balaban J connectivity index is 1.52. The SMILES string of the molecule is Cc1cccc2c(N)c3cccc(C(=O)NCC[N+](C)(C)Cc4ccccc4N([O-])O)c3nc12. The molecule has 0 unspecified atom stereocenters. The number of nitrogens with zero attached hydrogens (tertiary/aromatic N) is 3. The molecule has 0 fully saturated rings. The van der Waals surface area contributed by atoms with Gasteiger partial charge in [0.25, 0.3) is 5.91 Å². The van der Waals surface area contributed by atoms with Gasteiger partial charge in [0.2, 0.25) is 0 Å². The highest BCUT2D eigenvalue weighted by Gasteiger charge is 2.20. The third kappa shape index (κ3) is 4.65. The van der Waals surface area contributed by atoms with Crippen LogP contribution in [0.3, 0.4) is 0 Å². The normalized spacial score (nSPS) is 11.7. The van der Waals surface area contributed by atoms with Crippen LogP contribution in [-0.4, -0.2) is 47.8 Å². The lowest BCUT2D eigenvalue weighted by Crippen LogP contribution is -2.45. The Morgan fingerprint density at radius 2 is 1.74 bits per heavy atom. The van der Waals surface area contributed by atoms with Crippen LogP contribution in [0.4, 0.5) is 11.4 Å². The molecule has 0 aliphatic carbocycles. The molecule has 8 heteroatoms. The number of para-hydroxylation sites is 3. The number of aromatic nitrogens is 1. The lowest BCUT2D eigenvalue weighted by molar-refractivity contribution is -0.902. The van der Waals surface area contributed by atoms with Crippen molar-refractivity contribution in [2.45, 2.75) is 13.5 Å². The van der Waals surface area contributed by atoms with Crippen LogP contribution < -0.4 is 16.3 Å². The summed E-state index contributed by atoms with van der Waals surface area (Å²) in [5, 5.41) is 25.3. The van der Waals surface area contributed by atoms with Gasteiger partial charge < -0.3 is 26.0 Å². The summed E-state index contributed by atoms with van der Waals surface area (Å²) in [4.78, 5) is 17.9. The number of amides is 1. The first-order valence-electron chi connectivity index (χ1n) is 11.1. The maximum absolute atomic E-state index is 13.1.